The van der Waals surface area contributed by atoms with Gasteiger partial charge in [0.25, 0.3) is 0 Å². The lowest BCUT2D eigenvalue weighted by Crippen LogP contribution is -2.25. The largest absolute Gasteiger partial charge is 0.443 e. The Morgan fingerprint density at radius 1 is 1.47 bits per heavy atom. The number of oxazole rings is 1. The molecule has 4 nitrogen and oxygen atoms in total. The van der Waals surface area contributed by atoms with Crippen LogP contribution in [0.3, 0.4) is 0 Å². The van der Waals surface area contributed by atoms with Gasteiger partial charge in [-0.1, -0.05) is 0 Å². The number of rotatable bonds is 3. The van der Waals surface area contributed by atoms with Crippen molar-refractivity contribution in [2.45, 2.75) is 44.2 Å². The van der Waals surface area contributed by atoms with E-state index in [9.17, 15) is 0 Å². The minimum atomic E-state index is 0.370. The fourth-order valence-electron chi connectivity index (χ4n) is 2.09. The highest BCUT2D eigenvalue weighted by atomic mass is 16.5. The summed E-state index contributed by atoms with van der Waals surface area (Å²) in [5.41, 5.74) is 5.86. The van der Waals surface area contributed by atoms with Gasteiger partial charge in [-0.25, -0.2) is 4.98 Å². The number of methoxy groups -OCH3 is 1. The first kappa shape index (κ1) is 10.6. The molecule has 1 heterocycles. The zero-order valence-corrected chi connectivity index (χ0v) is 9.11. The Labute approximate surface area is 89.8 Å². The van der Waals surface area contributed by atoms with Crippen molar-refractivity contribution in [3.63, 3.8) is 0 Å². The van der Waals surface area contributed by atoms with Gasteiger partial charge in [0.15, 0.2) is 5.89 Å². The SMILES string of the molecule is COCc1cnc(C2CCC(N)CC2)o1. The van der Waals surface area contributed by atoms with E-state index in [0.29, 0.717) is 18.6 Å². The van der Waals surface area contributed by atoms with Gasteiger partial charge in [-0.3, -0.25) is 0 Å². The standard InChI is InChI=1S/C11H18N2O2/c1-14-7-10-6-13-11(15-10)8-2-4-9(12)5-3-8/h6,8-9H,2-5,7,12H2,1H3. The maximum atomic E-state index is 5.86. The molecule has 1 aromatic heterocycles. The summed E-state index contributed by atoms with van der Waals surface area (Å²) in [5, 5.41) is 0. The molecule has 0 atom stereocenters. The lowest BCUT2D eigenvalue weighted by atomic mass is 9.86. The Kier molecular flexibility index (Phi) is 3.38. The van der Waals surface area contributed by atoms with Crippen molar-refractivity contribution in [3.8, 4) is 0 Å². The third-order valence-electron chi connectivity index (χ3n) is 2.98. The van der Waals surface area contributed by atoms with Crippen molar-refractivity contribution in [2.75, 3.05) is 7.11 Å². The van der Waals surface area contributed by atoms with Crippen LogP contribution in [-0.2, 0) is 11.3 Å². The second kappa shape index (κ2) is 4.77. The first-order valence-corrected chi connectivity index (χ1v) is 5.48. The highest BCUT2D eigenvalue weighted by Crippen LogP contribution is 2.31. The predicted octanol–water partition coefficient (Wildman–Crippen LogP) is 1.81. The molecule has 0 radical (unpaired) electrons. The van der Waals surface area contributed by atoms with Crippen LogP contribution in [0.4, 0.5) is 0 Å². The van der Waals surface area contributed by atoms with Crippen LogP contribution >= 0.6 is 0 Å². The third-order valence-corrected chi connectivity index (χ3v) is 2.98. The molecule has 1 aliphatic rings. The molecular formula is C11H18N2O2. The number of nitrogens with two attached hydrogens (primary N) is 1. The zero-order valence-electron chi connectivity index (χ0n) is 9.11. The van der Waals surface area contributed by atoms with Crippen LogP contribution in [-0.4, -0.2) is 18.1 Å². The molecule has 0 spiro atoms. The van der Waals surface area contributed by atoms with Crippen molar-refractivity contribution in [3.05, 3.63) is 17.8 Å². The van der Waals surface area contributed by atoms with Gasteiger partial charge < -0.3 is 14.9 Å². The van der Waals surface area contributed by atoms with Crippen LogP contribution in [0.25, 0.3) is 0 Å². The maximum Gasteiger partial charge on any atom is 0.197 e. The van der Waals surface area contributed by atoms with E-state index in [1.807, 2.05) is 0 Å². The molecule has 4 heteroatoms. The van der Waals surface area contributed by atoms with Crippen LogP contribution < -0.4 is 5.73 Å². The number of aromatic nitrogens is 1. The minimum Gasteiger partial charge on any atom is -0.443 e. The van der Waals surface area contributed by atoms with E-state index in [2.05, 4.69) is 4.98 Å². The Balaban J connectivity index is 1.96. The van der Waals surface area contributed by atoms with Crippen molar-refractivity contribution in [1.29, 1.82) is 0 Å². The molecule has 84 valence electrons. The van der Waals surface area contributed by atoms with Crippen LogP contribution in [0.5, 0.6) is 0 Å². The highest BCUT2D eigenvalue weighted by molar-refractivity contribution is 5.00. The molecule has 2 rings (SSSR count). The number of hydrogen-bond acceptors (Lipinski definition) is 4. The summed E-state index contributed by atoms with van der Waals surface area (Å²) in [7, 11) is 1.65. The summed E-state index contributed by atoms with van der Waals surface area (Å²) in [6.45, 7) is 0.499. The van der Waals surface area contributed by atoms with E-state index in [1.165, 1.54) is 0 Å². The summed E-state index contributed by atoms with van der Waals surface area (Å²) in [6.07, 6.45) is 6.09. The Hall–Kier alpha value is -0.870. The lowest BCUT2D eigenvalue weighted by Gasteiger charge is -2.23. The van der Waals surface area contributed by atoms with Crippen molar-refractivity contribution in [1.82, 2.24) is 4.98 Å². The summed E-state index contributed by atoms with van der Waals surface area (Å²) >= 11 is 0. The second-order valence-corrected chi connectivity index (χ2v) is 4.21. The van der Waals surface area contributed by atoms with Gasteiger partial charge in [0.2, 0.25) is 0 Å². The molecule has 0 unspecified atom stereocenters. The first-order chi connectivity index (χ1) is 7.29. The molecule has 1 aliphatic carbocycles. The normalized spacial score (nSPS) is 26.8. The third kappa shape index (κ3) is 2.58. The van der Waals surface area contributed by atoms with E-state index in [0.717, 1.165) is 37.3 Å². The number of hydrogen-bond donors (Lipinski definition) is 1. The smallest absolute Gasteiger partial charge is 0.197 e. The molecule has 0 saturated heterocycles. The molecule has 0 aromatic carbocycles. The van der Waals surface area contributed by atoms with Gasteiger partial charge in [-0.05, 0) is 25.7 Å². The minimum absolute atomic E-state index is 0.370. The molecule has 0 aliphatic heterocycles. The van der Waals surface area contributed by atoms with Gasteiger partial charge in [0.05, 0.1) is 6.20 Å². The van der Waals surface area contributed by atoms with Gasteiger partial charge >= 0.3 is 0 Å². The fourth-order valence-corrected chi connectivity index (χ4v) is 2.09. The quantitative estimate of drug-likeness (QED) is 0.826. The van der Waals surface area contributed by atoms with Crippen LogP contribution in [0.1, 0.15) is 43.3 Å². The highest BCUT2D eigenvalue weighted by Gasteiger charge is 2.23. The molecular weight excluding hydrogens is 192 g/mol. The Bertz CT molecular complexity index is 303. The van der Waals surface area contributed by atoms with Crippen LogP contribution in [0.2, 0.25) is 0 Å². The molecule has 15 heavy (non-hydrogen) atoms. The molecule has 1 fully saturated rings. The number of ether oxygens (including phenoxy) is 1. The van der Waals surface area contributed by atoms with Crippen LogP contribution in [0.15, 0.2) is 10.6 Å². The zero-order chi connectivity index (χ0) is 10.7. The summed E-state index contributed by atoms with van der Waals surface area (Å²) in [6, 6.07) is 0.370. The van der Waals surface area contributed by atoms with Gasteiger partial charge in [0, 0.05) is 19.1 Å². The molecule has 1 saturated carbocycles. The molecule has 1 aromatic rings. The van der Waals surface area contributed by atoms with Crippen molar-refractivity contribution in [2.24, 2.45) is 5.73 Å². The second-order valence-electron chi connectivity index (χ2n) is 4.21. The first-order valence-electron chi connectivity index (χ1n) is 5.48. The van der Waals surface area contributed by atoms with Gasteiger partial charge in [-0.15, -0.1) is 0 Å². The van der Waals surface area contributed by atoms with Crippen molar-refractivity contribution >= 4 is 0 Å². The van der Waals surface area contributed by atoms with Gasteiger partial charge in [0.1, 0.15) is 12.4 Å². The summed E-state index contributed by atoms with van der Waals surface area (Å²) in [5.74, 6) is 2.12. The molecule has 0 amide bonds. The monoisotopic (exact) mass is 210 g/mol. The average Bonchev–Trinajstić information content (AvgIpc) is 2.68. The van der Waals surface area contributed by atoms with Gasteiger partial charge in [-0.2, -0.15) is 0 Å². The summed E-state index contributed by atoms with van der Waals surface area (Å²) < 4.78 is 10.6. The summed E-state index contributed by atoms with van der Waals surface area (Å²) in [4.78, 5) is 4.30. The predicted molar refractivity (Wildman–Crippen MR) is 56.4 cm³/mol. The lowest BCUT2D eigenvalue weighted by molar-refractivity contribution is 0.161. The van der Waals surface area contributed by atoms with Crippen LogP contribution in [0, 0.1) is 0 Å². The van der Waals surface area contributed by atoms with E-state index in [-0.39, 0.29) is 0 Å². The maximum absolute atomic E-state index is 5.86. The van der Waals surface area contributed by atoms with E-state index < -0.39 is 0 Å². The average molecular weight is 210 g/mol. The molecule has 0 bridgehead atoms. The molecule has 2 N–H and O–H groups in total. The topological polar surface area (TPSA) is 61.3 Å². The van der Waals surface area contributed by atoms with E-state index in [1.54, 1.807) is 13.3 Å². The van der Waals surface area contributed by atoms with Crippen molar-refractivity contribution < 1.29 is 9.15 Å². The Morgan fingerprint density at radius 3 is 2.87 bits per heavy atom. The van der Waals surface area contributed by atoms with E-state index >= 15 is 0 Å². The Morgan fingerprint density at radius 2 is 2.20 bits per heavy atom. The fraction of sp³-hybridized carbons (Fsp3) is 0.727. The van der Waals surface area contributed by atoms with E-state index in [4.69, 9.17) is 14.9 Å². The number of nitrogens with zero attached hydrogens (tertiary/aromatic N) is 1.